The minimum atomic E-state index is -0.970. The number of hydrogen-bond donors (Lipinski definition) is 0. The zero-order valence-corrected chi connectivity index (χ0v) is 27.6. The average molecular weight is 657 g/mol. The summed E-state index contributed by atoms with van der Waals surface area (Å²) in [7, 11) is 3.26. The van der Waals surface area contributed by atoms with Gasteiger partial charge in [0.1, 0.15) is 29.3 Å². The van der Waals surface area contributed by atoms with E-state index in [4.69, 9.17) is 28.4 Å². The monoisotopic (exact) mass is 656 g/mol. The number of methoxy groups -OCH3 is 2. The predicted octanol–water partition coefficient (Wildman–Crippen LogP) is 7.66. The maximum atomic E-state index is 12.4. The van der Waals surface area contributed by atoms with Crippen molar-refractivity contribution in [1.82, 2.24) is 0 Å². The second kappa shape index (κ2) is 16.3. The van der Waals surface area contributed by atoms with E-state index in [1.165, 1.54) is 6.26 Å². The highest BCUT2D eigenvalue weighted by Gasteiger charge is 2.43. The smallest absolute Gasteiger partial charge is 0.151 e. The summed E-state index contributed by atoms with van der Waals surface area (Å²) < 4.78 is 37.2. The van der Waals surface area contributed by atoms with Crippen molar-refractivity contribution in [2.75, 3.05) is 20.8 Å². The molecule has 7 heteroatoms. The van der Waals surface area contributed by atoms with E-state index in [9.17, 15) is 4.79 Å². The van der Waals surface area contributed by atoms with Crippen LogP contribution in [0.3, 0.4) is 0 Å². The Kier molecular flexibility index (Phi) is 11.2. The van der Waals surface area contributed by atoms with Gasteiger partial charge < -0.3 is 28.4 Å². The molecule has 5 aromatic rings. The lowest BCUT2D eigenvalue weighted by molar-refractivity contribution is -0.162. The van der Waals surface area contributed by atoms with Crippen LogP contribution in [0.15, 0.2) is 151 Å². The molecule has 6 rings (SSSR count). The third kappa shape index (κ3) is 7.76. The molecular formula is C42H40O7. The van der Waals surface area contributed by atoms with Gasteiger partial charge in [-0.1, -0.05) is 115 Å². The van der Waals surface area contributed by atoms with Gasteiger partial charge in [0.2, 0.25) is 0 Å². The normalized spacial score (nSPS) is 17.4. The van der Waals surface area contributed by atoms with E-state index in [2.05, 4.69) is 36.4 Å². The molecular weight excluding hydrogens is 616 g/mol. The molecule has 0 saturated heterocycles. The summed E-state index contributed by atoms with van der Waals surface area (Å²) in [6.45, 7) is 0.624. The van der Waals surface area contributed by atoms with Crippen LogP contribution in [0.2, 0.25) is 0 Å². The molecule has 0 bridgehead atoms. The second-order valence-corrected chi connectivity index (χ2v) is 11.7. The van der Waals surface area contributed by atoms with Gasteiger partial charge in [-0.15, -0.1) is 0 Å². The van der Waals surface area contributed by atoms with Crippen LogP contribution < -0.4 is 9.47 Å². The second-order valence-electron chi connectivity index (χ2n) is 11.7. The van der Waals surface area contributed by atoms with Gasteiger partial charge in [-0.3, -0.25) is 4.79 Å². The molecule has 0 unspecified atom stereocenters. The summed E-state index contributed by atoms with van der Waals surface area (Å²) in [5, 5.41) is 0. The molecule has 0 aliphatic carbocycles. The fourth-order valence-electron chi connectivity index (χ4n) is 6.11. The summed E-state index contributed by atoms with van der Waals surface area (Å²) in [5.74, 6) is 1.50. The highest BCUT2D eigenvalue weighted by molar-refractivity contribution is 5.75. The van der Waals surface area contributed by atoms with Gasteiger partial charge in [0.25, 0.3) is 0 Å². The van der Waals surface area contributed by atoms with Crippen LogP contribution in [-0.2, 0) is 42.6 Å². The van der Waals surface area contributed by atoms with E-state index < -0.39 is 23.9 Å². The van der Waals surface area contributed by atoms with Crippen LogP contribution in [0.5, 0.6) is 11.5 Å². The number of ether oxygens (including phenoxy) is 6. The van der Waals surface area contributed by atoms with Crippen molar-refractivity contribution in [3.8, 4) is 11.5 Å². The first-order valence-electron chi connectivity index (χ1n) is 16.2. The zero-order valence-electron chi connectivity index (χ0n) is 27.6. The first-order valence-corrected chi connectivity index (χ1v) is 16.2. The lowest BCUT2D eigenvalue weighted by atomic mass is 9.80. The summed E-state index contributed by atoms with van der Waals surface area (Å²) in [6.07, 6.45) is 0.202. The first kappa shape index (κ1) is 33.7. The lowest BCUT2D eigenvalue weighted by Crippen LogP contribution is -2.49. The molecule has 1 aliphatic rings. The Hall–Kier alpha value is -5.21. The molecule has 7 nitrogen and oxygen atoms in total. The highest BCUT2D eigenvalue weighted by Crippen LogP contribution is 2.41. The van der Waals surface area contributed by atoms with Gasteiger partial charge in [-0.05, 0) is 52.1 Å². The van der Waals surface area contributed by atoms with Gasteiger partial charge in [0.15, 0.2) is 12.4 Å². The number of aldehydes is 1. The van der Waals surface area contributed by atoms with E-state index in [0.717, 1.165) is 45.6 Å². The Balaban J connectivity index is 1.34. The Morgan fingerprint density at radius 2 is 1.06 bits per heavy atom. The Morgan fingerprint density at radius 1 is 0.612 bits per heavy atom. The fraction of sp³-hybridized carbons (Fsp3) is 0.214. The quantitative estimate of drug-likeness (QED) is 0.0846. The van der Waals surface area contributed by atoms with Crippen molar-refractivity contribution in [2.45, 2.75) is 37.1 Å². The van der Waals surface area contributed by atoms with Gasteiger partial charge in [-0.2, -0.15) is 0 Å². The van der Waals surface area contributed by atoms with Crippen LogP contribution in [0.1, 0.15) is 27.8 Å². The van der Waals surface area contributed by atoms with Crippen molar-refractivity contribution >= 4 is 6.29 Å². The summed E-state index contributed by atoms with van der Waals surface area (Å²) >= 11 is 0. The Bertz CT molecular complexity index is 1680. The Morgan fingerprint density at radius 3 is 1.49 bits per heavy atom. The minimum absolute atomic E-state index is 0.122. The van der Waals surface area contributed by atoms with Crippen LogP contribution in [0.25, 0.3) is 0 Å². The van der Waals surface area contributed by atoms with Crippen LogP contribution >= 0.6 is 0 Å². The summed E-state index contributed by atoms with van der Waals surface area (Å²) in [4.78, 5) is 12.4. The van der Waals surface area contributed by atoms with Crippen LogP contribution in [0, 0.1) is 0 Å². The predicted molar refractivity (Wildman–Crippen MR) is 187 cm³/mol. The van der Waals surface area contributed by atoms with Crippen molar-refractivity contribution < 1.29 is 33.2 Å². The number of rotatable bonds is 15. The number of carbonyl (C=O) groups is 1. The first-order chi connectivity index (χ1) is 24.1. The molecule has 49 heavy (non-hydrogen) atoms. The molecule has 0 aromatic heterocycles. The van der Waals surface area contributed by atoms with Gasteiger partial charge in [0, 0.05) is 0 Å². The molecule has 0 radical (unpaired) electrons. The van der Waals surface area contributed by atoms with E-state index >= 15 is 0 Å². The molecule has 0 saturated carbocycles. The largest absolute Gasteiger partial charge is 0.497 e. The van der Waals surface area contributed by atoms with Gasteiger partial charge in [0.05, 0.1) is 45.9 Å². The van der Waals surface area contributed by atoms with Gasteiger partial charge >= 0.3 is 0 Å². The molecule has 0 spiro atoms. The minimum Gasteiger partial charge on any atom is -0.497 e. The SMILES string of the molecule is COc1ccc(CO[C@@H]2[C@H](OCc3ccc(OC)cc3)C(C=O)=CO[C@@H]2COC(c2ccccc2)(c2ccccc2)c2ccccc2)cc1. The number of benzene rings is 5. The van der Waals surface area contributed by atoms with Crippen LogP contribution in [-0.4, -0.2) is 45.4 Å². The number of hydrogen-bond acceptors (Lipinski definition) is 7. The fourth-order valence-corrected chi connectivity index (χ4v) is 6.11. The Labute approximate surface area is 287 Å². The third-order valence-corrected chi connectivity index (χ3v) is 8.70. The molecule has 0 amide bonds. The van der Waals surface area contributed by atoms with Crippen molar-refractivity contribution in [2.24, 2.45) is 0 Å². The van der Waals surface area contributed by atoms with E-state index in [0.29, 0.717) is 5.57 Å². The topological polar surface area (TPSA) is 72.5 Å². The summed E-state index contributed by atoms with van der Waals surface area (Å²) in [5.41, 5.74) is 4.15. The van der Waals surface area contributed by atoms with Crippen molar-refractivity contribution in [1.29, 1.82) is 0 Å². The molecule has 0 fully saturated rings. The summed E-state index contributed by atoms with van der Waals surface area (Å²) in [6, 6.07) is 45.8. The molecule has 3 atom stereocenters. The van der Waals surface area contributed by atoms with Crippen molar-refractivity contribution in [3.05, 3.63) is 179 Å². The molecule has 250 valence electrons. The molecule has 0 N–H and O–H groups in total. The van der Waals surface area contributed by atoms with E-state index in [1.807, 2.05) is 103 Å². The zero-order chi connectivity index (χ0) is 33.9. The maximum Gasteiger partial charge on any atom is 0.151 e. The number of carbonyl (C=O) groups excluding carboxylic acids is 1. The van der Waals surface area contributed by atoms with Crippen molar-refractivity contribution in [3.63, 3.8) is 0 Å². The molecule has 5 aromatic carbocycles. The standard InChI is InChI=1S/C42H40O7/c1-44-37-22-18-31(19-23-37)27-47-40-33(26-43)29-46-39(41(40)48-28-32-20-24-38(45-2)25-21-32)30-49-42(34-12-6-3-7-13-34,35-14-8-4-9-15-35)36-16-10-5-11-17-36/h3-26,29,39-41H,27-28,30H2,1-2H3/t39-,40-,41+/m1/s1. The van der Waals surface area contributed by atoms with Gasteiger partial charge in [-0.25, -0.2) is 0 Å². The molecule has 1 aliphatic heterocycles. The average Bonchev–Trinajstić information content (AvgIpc) is 3.18. The van der Waals surface area contributed by atoms with E-state index in [-0.39, 0.29) is 19.8 Å². The lowest BCUT2D eigenvalue weighted by Gasteiger charge is -2.40. The highest BCUT2D eigenvalue weighted by atomic mass is 16.6. The van der Waals surface area contributed by atoms with Crippen LogP contribution in [0.4, 0.5) is 0 Å². The maximum absolute atomic E-state index is 12.4. The molecule has 1 heterocycles. The third-order valence-electron chi connectivity index (χ3n) is 8.70. The van der Waals surface area contributed by atoms with E-state index in [1.54, 1.807) is 14.2 Å².